The van der Waals surface area contributed by atoms with Crippen LogP contribution in [0.3, 0.4) is 0 Å². The Morgan fingerprint density at radius 2 is 2.15 bits per heavy atom. The highest BCUT2D eigenvalue weighted by atomic mass is 16.5. The minimum absolute atomic E-state index is 0.0678. The summed E-state index contributed by atoms with van der Waals surface area (Å²) < 4.78 is 7.46. The smallest absolute Gasteiger partial charge is 0.267 e. The van der Waals surface area contributed by atoms with Gasteiger partial charge in [-0.2, -0.15) is 5.10 Å². The first-order valence-corrected chi connectivity index (χ1v) is 8.86. The molecule has 0 aliphatic carbocycles. The van der Waals surface area contributed by atoms with E-state index in [0.717, 1.165) is 12.2 Å². The molecule has 26 heavy (non-hydrogen) atoms. The van der Waals surface area contributed by atoms with Crippen molar-refractivity contribution in [3.05, 3.63) is 42.7 Å². The number of ether oxygens (including phenoxy) is 1. The van der Waals surface area contributed by atoms with E-state index in [2.05, 4.69) is 17.3 Å². The summed E-state index contributed by atoms with van der Waals surface area (Å²) in [4.78, 5) is 26.2. The zero-order valence-electron chi connectivity index (χ0n) is 15.1. The molecule has 1 aromatic carbocycles. The van der Waals surface area contributed by atoms with Crippen LogP contribution >= 0.6 is 0 Å². The predicted octanol–water partition coefficient (Wildman–Crippen LogP) is 1.84. The third-order valence-corrected chi connectivity index (χ3v) is 4.34. The number of nitrogens with zero attached hydrogens (tertiary/aromatic N) is 3. The van der Waals surface area contributed by atoms with Gasteiger partial charge in [-0.15, -0.1) is 0 Å². The van der Waals surface area contributed by atoms with Gasteiger partial charge in [0, 0.05) is 38.4 Å². The Morgan fingerprint density at radius 3 is 2.92 bits per heavy atom. The van der Waals surface area contributed by atoms with Crippen molar-refractivity contribution >= 4 is 17.5 Å². The lowest BCUT2D eigenvalue weighted by Crippen LogP contribution is -2.46. The zero-order chi connectivity index (χ0) is 18.5. The zero-order valence-corrected chi connectivity index (χ0v) is 15.1. The lowest BCUT2D eigenvalue weighted by Gasteiger charge is -2.32. The van der Waals surface area contributed by atoms with E-state index in [9.17, 15) is 9.59 Å². The van der Waals surface area contributed by atoms with Crippen molar-refractivity contribution in [2.75, 3.05) is 18.0 Å². The minimum Gasteiger partial charge on any atom is -0.479 e. The van der Waals surface area contributed by atoms with Gasteiger partial charge >= 0.3 is 0 Å². The number of nitrogens with one attached hydrogen (secondary N) is 1. The van der Waals surface area contributed by atoms with Gasteiger partial charge in [0.25, 0.3) is 5.91 Å². The molecule has 2 unspecified atom stereocenters. The van der Waals surface area contributed by atoms with Gasteiger partial charge in [-0.3, -0.25) is 14.3 Å². The number of hydrogen-bond donors (Lipinski definition) is 1. The number of amides is 2. The molecule has 7 nitrogen and oxygen atoms in total. The van der Waals surface area contributed by atoms with Crippen molar-refractivity contribution in [3.63, 3.8) is 0 Å². The Balaban J connectivity index is 1.50. The number of anilines is 1. The molecule has 2 aromatic rings. The van der Waals surface area contributed by atoms with Crippen LogP contribution in [0.1, 0.15) is 20.3 Å². The molecule has 1 aliphatic rings. The van der Waals surface area contributed by atoms with Crippen molar-refractivity contribution in [2.45, 2.75) is 32.9 Å². The number of fused-ring (bicyclic) bond motifs is 1. The minimum atomic E-state index is -0.540. The van der Waals surface area contributed by atoms with Crippen molar-refractivity contribution in [3.8, 4) is 5.75 Å². The average Bonchev–Trinajstić information content (AvgIpc) is 3.13. The van der Waals surface area contributed by atoms with Crippen LogP contribution in [0.15, 0.2) is 42.7 Å². The molecule has 7 heteroatoms. The highest BCUT2D eigenvalue weighted by Gasteiger charge is 2.31. The normalized spacial score (nSPS) is 17.4. The van der Waals surface area contributed by atoms with E-state index in [4.69, 9.17) is 4.74 Å². The van der Waals surface area contributed by atoms with Crippen LogP contribution in [-0.2, 0) is 16.1 Å². The van der Waals surface area contributed by atoms with Gasteiger partial charge in [0.1, 0.15) is 5.75 Å². The summed E-state index contributed by atoms with van der Waals surface area (Å²) in [6.07, 6.45) is 3.35. The first-order valence-electron chi connectivity index (χ1n) is 8.86. The number of carbonyl (C=O) groups is 2. The van der Waals surface area contributed by atoms with E-state index in [-0.39, 0.29) is 24.2 Å². The molecule has 0 saturated carbocycles. The number of carbonyl (C=O) groups excluding carboxylic acids is 2. The number of hydrogen-bond acceptors (Lipinski definition) is 4. The van der Waals surface area contributed by atoms with Crippen molar-refractivity contribution in [2.24, 2.45) is 5.92 Å². The van der Waals surface area contributed by atoms with Gasteiger partial charge in [-0.25, -0.2) is 0 Å². The second kappa shape index (κ2) is 8.03. The molecule has 0 saturated heterocycles. The summed E-state index contributed by atoms with van der Waals surface area (Å²) in [6.45, 7) is 5.44. The number of aromatic nitrogens is 2. The van der Waals surface area contributed by atoms with Crippen LogP contribution in [0.5, 0.6) is 5.75 Å². The van der Waals surface area contributed by atoms with Gasteiger partial charge in [0.15, 0.2) is 6.10 Å². The van der Waals surface area contributed by atoms with Crippen molar-refractivity contribution in [1.82, 2.24) is 15.1 Å². The van der Waals surface area contributed by atoms with E-state index >= 15 is 0 Å². The van der Waals surface area contributed by atoms with Crippen molar-refractivity contribution < 1.29 is 14.3 Å². The number of benzene rings is 1. The maximum Gasteiger partial charge on any atom is 0.267 e. The molecule has 2 heterocycles. The standard InChI is InChI=1S/C19H24N4O3/c1-14(13-22-10-5-9-21-22)12-20-18(24)8-11-23-16-6-3-4-7-17(16)26-15(2)19(23)25/h3-7,9-10,14-15H,8,11-13H2,1-2H3,(H,20,24). The molecule has 2 atom stereocenters. The first kappa shape index (κ1) is 18.0. The third kappa shape index (κ3) is 4.22. The summed E-state index contributed by atoms with van der Waals surface area (Å²) in [7, 11) is 0. The van der Waals surface area contributed by atoms with Crippen LogP contribution < -0.4 is 15.0 Å². The molecule has 138 valence electrons. The molecule has 0 spiro atoms. The third-order valence-electron chi connectivity index (χ3n) is 4.34. The average molecular weight is 356 g/mol. The molecule has 0 fully saturated rings. The largest absolute Gasteiger partial charge is 0.479 e. The lowest BCUT2D eigenvalue weighted by atomic mass is 10.1. The van der Waals surface area contributed by atoms with Crippen LogP contribution in [-0.4, -0.2) is 40.8 Å². The quantitative estimate of drug-likeness (QED) is 0.821. The highest BCUT2D eigenvalue weighted by Crippen LogP contribution is 2.33. The molecule has 0 bridgehead atoms. The van der Waals surface area contributed by atoms with E-state index < -0.39 is 6.10 Å². The predicted molar refractivity (Wildman–Crippen MR) is 97.9 cm³/mol. The summed E-state index contributed by atoms with van der Waals surface area (Å²) in [5.41, 5.74) is 0.718. The van der Waals surface area contributed by atoms with E-state index in [0.29, 0.717) is 18.8 Å². The molecule has 0 radical (unpaired) electrons. The van der Waals surface area contributed by atoms with E-state index in [1.807, 2.05) is 41.2 Å². The van der Waals surface area contributed by atoms with Gasteiger partial charge in [-0.1, -0.05) is 19.1 Å². The second-order valence-corrected chi connectivity index (χ2v) is 6.61. The first-order chi connectivity index (χ1) is 12.5. The monoisotopic (exact) mass is 356 g/mol. The van der Waals surface area contributed by atoms with Gasteiger partial charge in [-0.05, 0) is 31.0 Å². The topological polar surface area (TPSA) is 76.5 Å². The SMILES string of the molecule is CC(CNC(=O)CCN1C(=O)C(C)Oc2ccccc21)Cn1cccn1. The Labute approximate surface area is 152 Å². The maximum absolute atomic E-state index is 12.4. The maximum atomic E-state index is 12.4. The molecule has 1 N–H and O–H groups in total. The molecule has 2 amide bonds. The van der Waals surface area contributed by atoms with Crippen molar-refractivity contribution in [1.29, 1.82) is 0 Å². The van der Waals surface area contributed by atoms with E-state index in [1.165, 1.54) is 0 Å². The molecule has 1 aromatic heterocycles. The fourth-order valence-electron chi connectivity index (χ4n) is 2.97. The summed E-state index contributed by atoms with van der Waals surface area (Å²) >= 11 is 0. The van der Waals surface area contributed by atoms with Gasteiger partial charge in [0.05, 0.1) is 5.69 Å². The molecule has 3 rings (SSSR count). The summed E-state index contributed by atoms with van der Waals surface area (Å²) in [6, 6.07) is 9.28. The Morgan fingerprint density at radius 1 is 1.35 bits per heavy atom. The van der Waals surface area contributed by atoms with Crippen LogP contribution in [0.4, 0.5) is 5.69 Å². The Bertz CT molecular complexity index is 760. The molecule has 1 aliphatic heterocycles. The number of rotatable bonds is 7. The summed E-state index contributed by atoms with van der Waals surface area (Å²) in [5, 5.41) is 7.10. The fraction of sp³-hybridized carbons (Fsp3) is 0.421. The van der Waals surface area contributed by atoms with E-state index in [1.54, 1.807) is 18.0 Å². The summed E-state index contributed by atoms with van der Waals surface area (Å²) in [5.74, 6) is 0.753. The van der Waals surface area contributed by atoms with Crippen LogP contribution in [0.2, 0.25) is 0 Å². The Kier molecular flexibility index (Phi) is 5.55. The molecular weight excluding hydrogens is 332 g/mol. The lowest BCUT2D eigenvalue weighted by molar-refractivity contribution is -0.125. The second-order valence-electron chi connectivity index (χ2n) is 6.61. The highest BCUT2D eigenvalue weighted by molar-refractivity contribution is 6.00. The van der Waals surface area contributed by atoms with Crippen LogP contribution in [0, 0.1) is 5.92 Å². The number of para-hydroxylation sites is 2. The fourth-order valence-corrected chi connectivity index (χ4v) is 2.97. The molecular formula is C19H24N4O3. The Hall–Kier alpha value is -2.83. The van der Waals surface area contributed by atoms with Gasteiger partial charge < -0.3 is 15.0 Å². The van der Waals surface area contributed by atoms with Gasteiger partial charge in [0.2, 0.25) is 5.91 Å². The van der Waals surface area contributed by atoms with Crippen LogP contribution in [0.25, 0.3) is 0 Å².